The first-order chi connectivity index (χ1) is 5.61. The average Bonchev–Trinajstić information content (AvgIpc) is 2.36. The molecule has 2 unspecified atom stereocenters. The van der Waals surface area contributed by atoms with Crippen molar-refractivity contribution in [2.45, 2.75) is 31.5 Å². The summed E-state index contributed by atoms with van der Waals surface area (Å²) in [5.74, 6) is 0. The molecule has 0 bridgehead atoms. The summed E-state index contributed by atoms with van der Waals surface area (Å²) < 4.78 is 12.8. The maximum Gasteiger partial charge on any atom is 0.255 e. The highest BCUT2D eigenvalue weighted by atomic mass is 35.5. The van der Waals surface area contributed by atoms with Crippen LogP contribution >= 0.6 is 11.6 Å². The maximum atomic E-state index is 12.8. The molecule has 0 aliphatic carbocycles. The zero-order valence-electron chi connectivity index (χ0n) is 7.09. The molecule has 2 nitrogen and oxygen atoms in total. The molecule has 0 N–H and O–H groups in total. The molecular weight excluding hydrogens is 181 g/mol. The van der Waals surface area contributed by atoms with E-state index in [2.05, 4.69) is 4.90 Å². The lowest BCUT2D eigenvalue weighted by atomic mass is 10.1. The molecule has 0 spiro atoms. The molecule has 0 aromatic carbocycles. The lowest BCUT2D eigenvalue weighted by Gasteiger charge is -2.19. The van der Waals surface area contributed by atoms with E-state index in [0.717, 1.165) is 19.4 Å². The van der Waals surface area contributed by atoms with Gasteiger partial charge in [-0.05, 0) is 38.0 Å². The molecule has 4 heteroatoms. The third kappa shape index (κ3) is 2.42. The van der Waals surface area contributed by atoms with Gasteiger partial charge in [-0.15, -0.1) is 0 Å². The Kier molecular flexibility index (Phi) is 3.47. The van der Waals surface area contributed by atoms with Gasteiger partial charge in [-0.3, -0.25) is 4.79 Å². The Hall–Kier alpha value is -0.150. The molecule has 1 aliphatic heterocycles. The number of nitrogens with zero attached hydrogens (tertiary/aromatic N) is 1. The number of hydrogen-bond donors (Lipinski definition) is 0. The Morgan fingerprint density at radius 2 is 2.50 bits per heavy atom. The van der Waals surface area contributed by atoms with E-state index in [9.17, 15) is 9.18 Å². The summed E-state index contributed by atoms with van der Waals surface area (Å²) in [7, 11) is 1.95. The van der Waals surface area contributed by atoms with Crippen LogP contribution < -0.4 is 0 Å². The van der Waals surface area contributed by atoms with Gasteiger partial charge in [-0.25, -0.2) is 4.39 Å². The van der Waals surface area contributed by atoms with Gasteiger partial charge in [0, 0.05) is 12.5 Å². The molecule has 0 radical (unpaired) electrons. The monoisotopic (exact) mass is 193 g/mol. The van der Waals surface area contributed by atoms with E-state index in [-0.39, 0.29) is 12.5 Å². The minimum absolute atomic E-state index is 0.197. The zero-order valence-corrected chi connectivity index (χ0v) is 7.85. The predicted octanol–water partition coefficient (Wildman–Crippen LogP) is 1.57. The van der Waals surface area contributed by atoms with Gasteiger partial charge in [0.05, 0.1) is 0 Å². The summed E-state index contributed by atoms with van der Waals surface area (Å²) in [6, 6.07) is 0.197. The van der Waals surface area contributed by atoms with E-state index in [1.54, 1.807) is 0 Å². The molecule has 1 fully saturated rings. The summed E-state index contributed by atoms with van der Waals surface area (Å²) in [4.78, 5) is 12.5. The lowest BCUT2D eigenvalue weighted by Crippen LogP contribution is -2.29. The van der Waals surface area contributed by atoms with Crippen LogP contribution in [0.3, 0.4) is 0 Å². The van der Waals surface area contributed by atoms with Crippen molar-refractivity contribution in [2.75, 3.05) is 13.6 Å². The number of alkyl halides is 1. The molecule has 12 heavy (non-hydrogen) atoms. The van der Waals surface area contributed by atoms with E-state index >= 15 is 0 Å². The fourth-order valence-corrected chi connectivity index (χ4v) is 1.70. The molecule has 0 aromatic heterocycles. The summed E-state index contributed by atoms with van der Waals surface area (Å²) in [5, 5.41) is -0.865. The Labute approximate surface area is 76.7 Å². The van der Waals surface area contributed by atoms with Gasteiger partial charge < -0.3 is 4.90 Å². The Balaban J connectivity index is 2.35. The molecule has 70 valence electrons. The largest absolute Gasteiger partial charge is 0.303 e. The van der Waals surface area contributed by atoms with Crippen molar-refractivity contribution in [2.24, 2.45) is 0 Å². The Bertz CT molecular complexity index is 176. The molecule has 1 aliphatic rings. The SMILES string of the molecule is CN1CCCC1CC(F)C(=O)Cl. The summed E-state index contributed by atoms with van der Waals surface area (Å²) in [5.41, 5.74) is 0. The van der Waals surface area contributed by atoms with Crippen molar-refractivity contribution < 1.29 is 9.18 Å². The molecular formula is C8H13ClFNO. The van der Waals surface area contributed by atoms with Gasteiger partial charge in [0.2, 0.25) is 0 Å². The normalized spacial score (nSPS) is 27.4. The molecule has 1 saturated heterocycles. The van der Waals surface area contributed by atoms with Gasteiger partial charge in [0.25, 0.3) is 5.24 Å². The van der Waals surface area contributed by atoms with Crippen LogP contribution in [-0.2, 0) is 4.79 Å². The summed E-state index contributed by atoms with van der Waals surface area (Å²) in [6.45, 7) is 0.994. The first-order valence-electron chi connectivity index (χ1n) is 4.15. The van der Waals surface area contributed by atoms with Gasteiger partial charge in [0.1, 0.15) is 0 Å². The average molecular weight is 194 g/mol. The number of likely N-dealkylation sites (tertiary alicyclic amines) is 1. The highest BCUT2D eigenvalue weighted by Gasteiger charge is 2.26. The first kappa shape index (κ1) is 9.93. The van der Waals surface area contributed by atoms with E-state index in [4.69, 9.17) is 11.6 Å². The van der Waals surface area contributed by atoms with Gasteiger partial charge in [-0.2, -0.15) is 0 Å². The Morgan fingerprint density at radius 1 is 1.83 bits per heavy atom. The fourth-order valence-electron chi connectivity index (χ4n) is 1.61. The van der Waals surface area contributed by atoms with Crippen LogP contribution in [0.1, 0.15) is 19.3 Å². The number of carbonyl (C=O) groups excluding carboxylic acids is 1. The topological polar surface area (TPSA) is 20.3 Å². The van der Waals surface area contributed by atoms with Gasteiger partial charge >= 0.3 is 0 Å². The fraction of sp³-hybridized carbons (Fsp3) is 0.875. The van der Waals surface area contributed by atoms with Crippen LogP contribution in [0.2, 0.25) is 0 Å². The summed E-state index contributed by atoms with van der Waals surface area (Å²) in [6.07, 6.45) is 0.821. The molecule has 1 heterocycles. The lowest BCUT2D eigenvalue weighted by molar-refractivity contribution is -0.116. The van der Waals surface area contributed by atoms with Crippen LogP contribution in [-0.4, -0.2) is 35.9 Å². The van der Waals surface area contributed by atoms with Crippen molar-refractivity contribution in [3.8, 4) is 0 Å². The summed E-state index contributed by atoms with van der Waals surface area (Å²) >= 11 is 5.02. The molecule has 0 saturated carbocycles. The van der Waals surface area contributed by atoms with Crippen LogP contribution in [0, 0.1) is 0 Å². The molecule has 0 amide bonds. The van der Waals surface area contributed by atoms with E-state index < -0.39 is 11.4 Å². The number of carbonyl (C=O) groups is 1. The van der Waals surface area contributed by atoms with Crippen LogP contribution in [0.5, 0.6) is 0 Å². The highest BCUT2D eigenvalue weighted by Crippen LogP contribution is 2.21. The highest BCUT2D eigenvalue weighted by molar-refractivity contribution is 6.64. The molecule has 0 aromatic rings. The predicted molar refractivity (Wildman–Crippen MR) is 46.0 cm³/mol. The zero-order chi connectivity index (χ0) is 9.14. The third-order valence-corrected chi connectivity index (χ3v) is 2.63. The van der Waals surface area contributed by atoms with Crippen molar-refractivity contribution in [3.63, 3.8) is 0 Å². The maximum absolute atomic E-state index is 12.8. The number of rotatable bonds is 3. The second kappa shape index (κ2) is 4.19. The minimum Gasteiger partial charge on any atom is -0.303 e. The molecule has 2 atom stereocenters. The van der Waals surface area contributed by atoms with Crippen molar-refractivity contribution in [1.82, 2.24) is 4.90 Å². The number of halogens is 2. The van der Waals surface area contributed by atoms with Crippen molar-refractivity contribution in [1.29, 1.82) is 0 Å². The standard InChI is InChI=1S/C8H13ClFNO/c1-11-4-2-3-6(11)5-7(10)8(9)12/h6-7H,2-5H2,1H3. The molecule has 1 rings (SSSR count). The second-order valence-electron chi connectivity index (χ2n) is 3.28. The third-order valence-electron chi connectivity index (χ3n) is 2.40. The van der Waals surface area contributed by atoms with E-state index in [1.165, 1.54) is 0 Å². The van der Waals surface area contributed by atoms with Crippen molar-refractivity contribution in [3.05, 3.63) is 0 Å². The van der Waals surface area contributed by atoms with Crippen molar-refractivity contribution >= 4 is 16.8 Å². The smallest absolute Gasteiger partial charge is 0.255 e. The minimum atomic E-state index is -1.49. The second-order valence-corrected chi connectivity index (χ2v) is 3.66. The quantitative estimate of drug-likeness (QED) is 0.635. The number of hydrogen-bond acceptors (Lipinski definition) is 2. The first-order valence-corrected chi connectivity index (χ1v) is 4.52. The van der Waals surface area contributed by atoms with E-state index in [0.29, 0.717) is 0 Å². The van der Waals surface area contributed by atoms with E-state index in [1.807, 2.05) is 7.05 Å². The van der Waals surface area contributed by atoms with Gasteiger partial charge in [0.15, 0.2) is 6.17 Å². The van der Waals surface area contributed by atoms with Crippen LogP contribution in [0.15, 0.2) is 0 Å². The Morgan fingerprint density at radius 3 is 2.92 bits per heavy atom. The van der Waals surface area contributed by atoms with Gasteiger partial charge in [-0.1, -0.05) is 0 Å². The van der Waals surface area contributed by atoms with Crippen LogP contribution in [0.4, 0.5) is 4.39 Å². The van der Waals surface area contributed by atoms with Crippen LogP contribution in [0.25, 0.3) is 0 Å².